The molecule has 0 amide bonds. The van der Waals surface area contributed by atoms with Gasteiger partial charge in [0.25, 0.3) is 0 Å². The van der Waals surface area contributed by atoms with Gasteiger partial charge in [-0.05, 0) is 19.1 Å². The Morgan fingerprint density at radius 2 is 2.13 bits per heavy atom. The predicted molar refractivity (Wildman–Crippen MR) is 61.9 cm³/mol. The van der Waals surface area contributed by atoms with Crippen molar-refractivity contribution >= 4 is 29.0 Å². The lowest BCUT2D eigenvalue weighted by molar-refractivity contribution is 0.0792. The molecule has 82 valence electrons. The first-order valence-electron chi connectivity index (χ1n) is 4.56. The monoisotopic (exact) mass is 246 g/mol. The second-order valence-corrected chi connectivity index (χ2v) is 4.06. The van der Waals surface area contributed by atoms with Gasteiger partial charge in [0.2, 0.25) is 0 Å². The fourth-order valence-electron chi connectivity index (χ4n) is 1.17. The van der Waals surface area contributed by atoms with Crippen LogP contribution < -0.4 is 0 Å². The number of rotatable bonds is 4. The number of carbonyl (C=O) groups excluding carboxylic acids is 1. The second-order valence-electron chi connectivity index (χ2n) is 3.27. The smallest absolute Gasteiger partial charge is 0.167 e. The van der Waals surface area contributed by atoms with Gasteiger partial charge in [-0.15, -0.1) is 0 Å². The van der Waals surface area contributed by atoms with E-state index in [1.807, 2.05) is 6.92 Å². The number of halogens is 2. The van der Waals surface area contributed by atoms with E-state index in [2.05, 4.69) is 0 Å². The normalized spacial score (nSPS) is 12.5. The third-order valence-corrected chi connectivity index (χ3v) is 2.95. The third-order valence-electron chi connectivity index (χ3n) is 2.13. The van der Waals surface area contributed by atoms with E-state index in [0.717, 1.165) is 0 Å². The van der Waals surface area contributed by atoms with Crippen molar-refractivity contribution in [2.24, 2.45) is 0 Å². The summed E-state index contributed by atoms with van der Waals surface area (Å²) >= 11 is 11.7. The molecule has 0 heterocycles. The van der Waals surface area contributed by atoms with Gasteiger partial charge in [0.15, 0.2) is 5.78 Å². The van der Waals surface area contributed by atoms with E-state index >= 15 is 0 Å². The van der Waals surface area contributed by atoms with Crippen molar-refractivity contribution in [3.05, 3.63) is 33.8 Å². The number of hydrogen-bond acceptors (Lipinski definition) is 2. The first kappa shape index (κ1) is 12.5. The number of Topliss-reactive ketones (excluding diaryl/α,β-unsaturated/α-hetero) is 1. The van der Waals surface area contributed by atoms with E-state index in [-0.39, 0.29) is 11.9 Å². The van der Waals surface area contributed by atoms with Crippen molar-refractivity contribution in [1.29, 1.82) is 0 Å². The van der Waals surface area contributed by atoms with Crippen LogP contribution in [0.1, 0.15) is 23.7 Å². The number of hydrogen-bond donors (Lipinski definition) is 0. The van der Waals surface area contributed by atoms with Gasteiger partial charge in [0.1, 0.15) is 0 Å². The molecular formula is C11H12Cl2O2. The van der Waals surface area contributed by atoms with Gasteiger partial charge in [0.05, 0.1) is 16.1 Å². The van der Waals surface area contributed by atoms with Crippen LogP contribution >= 0.6 is 23.2 Å². The van der Waals surface area contributed by atoms with Crippen molar-refractivity contribution in [2.75, 3.05) is 7.11 Å². The summed E-state index contributed by atoms with van der Waals surface area (Å²) in [5, 5.41) is 0.708. The lowest BCUT2D eigenvalue weighted by Gasteiger charge is -2.09. The molecule has 0 aliphatic carbocycles. The summed E-state index contributed by atoms with van der Waals surface area (Å²) in [5.41, 5.74) is 0.452. The van der Waals surface area contributed by atoms with Crippen LogP contribution in [0.5, 0.6) is 0 Å². The van der Waals surface area contributed by atoms with Crippen LogP contribution in [0.15, 0.2) is 18.2 Å². The summed E-state index contributed by atoms with van der Waals surface area (Å²) in [7, 11) is 1.57. The maximum Gasteiger partial charge on any atom is 0.167 e. The van der Waals surface area contributed by atoms with Gasteiger partial charge in [-0.25, -0.2) is 0 Å². The van der Waals surface area contributed by atoms with Crippen LogP contribution in [0.4, 0.5) is 0 Å². The van der Waals surface area contributed by atoms with E-state index in [4.69, 9.17) is 27.9 Å². The number of benzene rings is 1. The molecule has 1 aromatic carbocycles. The van der Waals surface area contributed by atoms with Gasteiger partial charge in [-0.2, -0.15) is 0 Å². The molecule has 1 aromatic rings. The van der Waals surface area contributed by atoms with Crippen LogP contribution in [-0.2, 0) is 4.74 Å². The van der Waals surface area contributed by atoms with Crippen molar-refractivity contribution in [1.82, 2.24) is 0 Å². The molecule has 0 spiro atoms. The molecule has 0 saturated carbocycles. The Morgan fingerprint density at radius 1 is 1.47 bits per heavy atom. The molecule has 0 N–H and O–H groups in total. The fourth-order valence-corrected chi connectivity index (χ4v) is 1.58. The Bertz CT molecular complexity index is 364. The molecule has 0 saturated heterocycles. The minimum absolute atomic E-state index is 0.0585. The SMILES string of the molecule is COC(C)CC(=O)c1cccc(Cl)c1Cl. The van der Waals surface area contributed by atoms with Crippen molar-refractivity contribution in [3.8, 4) is 0 Å². The van der Waals surface area contributed by atoms with Gasteiger partial charge < -0.3 is 4.74 Å². The lowest BCUT2D eigenvalue weighted by atomic mass is 10.1. The first-order valence-corrected chi connectivity index (χ1v) is 5.32. The number of ketones is 1. The Morgan fingerprint density at radius 3 is 2.73 bits per heavy atom. The van der Waals surface area contributed by atoms with Crippen LogP contribution in [0.3, 0.4) is 0 Å². The van der Waals surface area contributed by atoms with Crippen LogP contribution in [0.2, 0.25) is 10.0 Å². The molecular weight excluding hydrogens is 235 g/mol. The van der Waals surface area contributed by atoms with Gasteiger partial charge in [-0.3, -0.25) is 4.79 Å². The molecule has 1 atom stereocenters. The highest BCUT2D eigenvalue weighted by atomic mass is 35.5. The molecule has 1 rings (SSSR count). The first-order chi connectivity index (χ1) is 7.06. The van der Waals surface area contributed by atoms with E-state index in [9.17, 15) is 4.79 Å². The Balaban J connectivity index is 2.87. The molecule has 2 nitrogen and oxygen atoms in total. The zero-order valence-corrected chi connectivity index (χ0v) is 10.1. The average molecular weight is 247 g/mol. The van der Waals surface area contributed by atoms with Crippen LogP contribution in [-0.4, -0.2) is 19.0 Å². The molecule has 0 radical (unpaired) electrons. The second kappa shape index (κ2) is 5.50. The Hall–Kier alpha value is -0.570. The molecule has 0 aromatic heterocycles. The molecule has 0 bridgehead atoms. The number of methoxy groups -OCH3 is 1. The summed E-state index contributed by atoms with van der Waals surface area (Å²) in [5.74, 6) is -0.0585. The third kappa shape index (κ3) is 3.20. The van der Waals surface area contributed by atoms with Crippen molar-refractivity contribution in [3.63, 3.8) is 0 Å². The largest absolute Gasteiger partial charge is 0.381 e. The summed E-state index contributed by atoms with van der Waals surface area (Å²) < 4.78 is 5.02. The van der Waals surface area contributed by atoms with Crippen LogP contribution in [0.25, 0.3) is 0 Å². The predicted octanol–water partition coefficient (Wildman–Crippen LogP) is 3.60. The standard InChI is InChI=1S/C11H12Cl2O2/c1-7(15-2)6-10(14)8-4-3-5-9(12)11(8)13/h3-5,7H,6H2,1-2H3. The summed E-state index contributed by atoms with van der Waals surface area (Å²) in [6.07, 6.45) is 0.184. The zero-order valence-electron chi connectivity index (χ0n) is 8.59. The highest BCUT2D eigenvalue weighted by Crippen LogP contribution is 2.26. The maximum atomic E-state index is 11.8. The lowest BCUT2D eigenvalue weighted by Crippen LogP contribution is -2.12. The molecule has 0 fully saturated rings. The molecule has 0 aliphatic heterocycles. The minimum atomic E-state index is -0.118. The summed E-state index contributed by atoms with van der Waals surface area (Å²) in [6, 6.07) is 5.03. The van der Waals surface area contributed by atoms with E-state index < -0.39 is 0 Å². The van der Waals surface area contributed by atoms with E-state index in [1.165, 1.54) is 0 Å². The van der Waals surface area contributed by atoms with Crippen LogP contribution in [0, 0.1) is 0 Å². The van der Waals surface area contributed by atoms with Gasteiger partial charge in [-0.1, -0.05) is 29.3 Å². The highest BCUT2D eigenvalue weighted by Gasteiger charge is 2.15. The zero-order chi connectivity index (χ0) is 11.4. The Kier molecular flexibility index (Phi) is 4.58. The van der Waals surface area contributed by atoms with E-state index in [1.54, 1.807) is 25.3 Å². The Labute approximate surface area is 99.1 Å². The average Bonchev–Trinajstić information content (AvgIpc) is 2.21. The maximum absolute atomic E-state index is 11.8. The van der Waals surface area contributed by atoms with Crippen molar-refractivity contribution in [2.45, 2.75) is 19.4 Å². The van der Waals surface area contributed by atoms with E-state index in [0.29, 0.717) is 22.0 Å². The van der Waals surface area contributed by atoms with Crippen molar-refractivity contribution < 1.29 is 9.53 Å². The summed E-state index contributed by atoms with van der Waals surface area (Å²) in [4.78, 5) is 11.8. The van der Waals surface area contributed by atoms with Gasteiger partial charge in [0, 0.05) is 19.1 Å². The molecule has 15 heavy (non-hydrogen) atoms. The molecule has 4 heteroatoms. The molecule has 0 aliphatic rings. The minimum Gasteiger partial charge on any atom is -0.381 e. The number of ether oxygens (including phenoxy) is 1. The topological polar surface area (TPSA) is 26.3 Å². The summed E-state index contributed by atoms with van der Waals surface area (Å²) in [6.45, 7) is 1.83. The van der Waals surface area contributed by atoms with Gasteiger partial charge >= 0.3 is 0 Å². The fraction of sp³-hybridized carbons (Fsp3) is 0.364. The number of carbonyl (C=O) groups is 1. The molecule has 1 unspecified atom stereocenters. The highest BCUT2D eigenvalue weighted by molar-refractivity contribution is 6.43. The quantitative estimate of drug-likeness (QED) is 0.760.